The lowest BCUT2D eigenvalue weighted by molar-refractivity contribution is -0.117. The standard InChI is InChI=1S/C14H20N2O2/c1-10-3-4-12(7-11(10)2)15-14(18)9-16-6-5-13(17)8-16/h3-4,7,13,17H,5-6,8-9H2,1-2H3,(H,15,18). The Bertz CT molecular complexity index is 445. The molecule has 18 heavy (non-hydrogen) atoms. The summed E-state index contributed by atoms with van der Waals surface area (Å²) in [6, 6.07) is 5.90. The van der Waals surface area contributed by atoms with Gasteiger partial charge in [-0.1, -0.05) is 6.07 Å². The van der Waals surface area contributed by atoms with Gasteiger partial charge < -0.3 is 10.4 Å². The van der Waals surface area contributed by atoms with E-state index in [9.17, 15) is 9.90 Å². The molecule has 0 saturated carbocycles. The number of aliphatic hydroxyl groups excluding tert-OH is 1. The van der Waals surface area contributed by atoms with Crippen molar-refractivity contribution in [2.24, 2.45) is 0 Å². The number of β-amino-alcohol motifs (C(OH)–C–C–N with tert-alkyl or cyclic N) is 1. The molecule has 1 fully saturated rings. The van der Waals surface area contributed by atoms with Crippen LogP contribution in [-0.4, -0.2) is 41.7 Å². The van der Waals surface area contributed by atoms with Gasteiger partial charge in [-0.05, 0) is 43.5 Å². The highest BCUT2D eigenvalue weighted by Crippen LogP contribution is 2.14. The number of benzene rings is 1. The van der Waals surface area contributed by atoms with Crippen molar-refractivity contribution in [3.05, 3.63) is 29.3 Å². The number of carbonyl (C=O) groups excluding carboxylic acids is 1. The second-order valence-corrected chi connectivity index (χ2v) is 5.02. The lowest BCUT2D eigenvalue weighted by Gasteiger charge is -2.14. The van der Waals surface area contributed by atoms with Crippen molar-refractivity contribution in [2.45, 2.75) is 26.4 Å². The Hall–Kier alpha value is -1.39. The third-order valence-electron chi connectivity index (χ3n) is 3.41. The number of likely N-dealkylation sites (tertiary alicyclic amines) is 1. The topological polar surface area (TPSA) is 52.6 Å². The quantitative estimate of drug-likeness (QED) is 0.848. The van der Waals surface area contributed by atoms with Crippen LogP contribution in [0.15, 0.2) is 18.2 Å². The molecule has 1 aliphatic heterocycles. The van der Waals surface area contributed by atoms with E-state index in [1.54, 1.807) is 0 Å². The van der Waals surface area contributed by atoms with E-state index in [0.29, 0.717) is 13.1 Å². The van der Waals surface area contributed by atoms with Crippen LogP contribution in [0.4, 0.5) is 5.69 Å². The van der Waals surface area contributed by atoms with Gasteiger partial charge in [-0.2, -0.15) is 0 Å². The lowest BCUT2D eigenvalue weighted by Crippen LogP contribution is -2.32. The minimum absolute atomic E-state index is 0.0210. The number of nitrogens with zero attached hydrogens (tertiary/aromatic N) is 1. The highest BCUT2D eigenvalue weighted by molar-refractivity contribution is 5.92. The summed E-state index contributed by atoms with van der Waals surface area (Å²) >= 11 is 0. The van der Waals surface area contributed by atoms with Gasteiger partial charge in [-0.15, -0.1) is 0 Å². The second kappa shape index (κ2) is 5.50. The molecule has 0 radical (unpaired) electrons. The van der Waals surface area contributed by atoms with E-state index < -0.39 is 0 Å². The molecule has 1 heterocycles. The average molecular weight is 248 g/mol. The highest BCUT2D eigenvalue weighted by Gasteiger charge is 2.21. The number of aliphatic hydroxyl groups is 1. The van der Waals surface area contributed by atoms with Gasteiger partial charge in [0.1, 0.15) is 0 Å². The Kier molecular flexibility index (Phi) is 3.99. The van der Waals surface area contributed by atoms with Gasteiger partial charge in [0.25, 0.3) is 0 Å². The molecule has 1 saturated heterocycles. The normalized spacial score (nSPS) is 20.1. The van der Waals surface area contributed by atoms with Crippen molar-refractivity contribution >= 4 is 11.6 Å². The molecule has 1 amide bonds. The fourth-order valence-corrected chi connectivity index (χ4v) is 2.18. The lowest BCUT2D eigenvalue weighted by atomic mass is 10.1. The largest absolute Gasteiger partial charge is 0.392 e. The number of nitrogens with one attached hydrogen (secondary N) is 1. The van der Waals surface area contributed by atoms with Gasteiger partial charge in [-0.25, -0.2) is 0 Å². The van der Waals surface area contributed by atoms with Crippen LogP contribution in [0, 0.1) is 13.8 Å². The van der Waals surface area contributed by atoms with Crippen molar-refractivity contribution in [3.63, 3.8) is 0 Å². The average Bonchev–Trinajstić information content (AvgIpc) is 2.69. The molecule has 4 heteroatoms. The molecule has 2 N–H and O–H groups in total. The van der Waals surface area contributed by atoms with E-state index in [1.807, 2.05) is 36.9 Å². The maximum absolute atomic E-state index is 11.8. The number of rotatable bonds is 3. The van der Waals surface area contributed by atoms with Gasteiger partial charge >= 0.3 is 0 Å². The first-order valence-electron chi connectivity index (χ1n) is 6.32. The van der Waals surface area contributed by atoms with E-state index in [0.717, 1.165) is 18.7 Å². The molecule has 1 aromatic carbocycles. The monoisotopic (exact) mass is 248 g/mol. The first-order valence-corrected chi connectivity index (χ1v) is 6.32. The van der Waals surface area contributed by atoms with Crippen molar-refractivity contribution in [1.82, 2.24) is 4.90 Å². The van der Waals surface area contributed by atoms with Crippen LogP contribution in [0.3, 0.4) is 0 Å². The minimum Gasteiger partial charge on any atom is -0.392 e. The first kappa shape index (κ1) is 13.1. The molecule has 0 spiro atoms. The summed E-state index contributed by atoms with van der Waals surface area (Å²) in [5.41, 5.74) is 3.22. The third-order valence-corrected chi connectivity index (χ3v) is 3.41. The van der Waals surface area contributed by atoms with Gasteiger partial charge in [0.2, 0.25) is 5.91 Å². The van der Waals surface area contributed by atoms with Crippen LogP contribution in [0.2, 0.25) is 0 Å². The molecule has 1 aromatic rings. The van der Waals surface area contributed by atoms with Crippen molar-refractivity contribution in [2.75, 3.05) is 25.0 Å². The highest BCUT2D eigenvalue weighted by atomic mass is 16.3. The predicted octanol–water partition coefficient (Wildman–Crippen LogP) is 1.31. The third kappa shape index (κ3) is 3.31. The van der Waals surface area contributed by atoms with E-state index in [1.165, 1.54) is 11.1 Å². The smallest absolute Gasteiger partial charge is 0.238 e. The van der Waals surface area contributed by atoms with Gasteiger partial charge in [0.05, 0.1) is 12.6 Å². The molecule has 0 aliphatic carbocycles. The SMILES string of the molecule is Cc1ccc(NC(=O)CN2CCC(O)C2)cc1C. The van der Waals surface area contributed by atoms with Crippen molar-refractivity contribution in [3.8, 4) is 0 Å². The Labute approximate surface area is 108 Å². The fourth-order valence-electron chi connectivity index (χ4n) is 2.18. The molecule has 0 aromatic heterocycles. The Morgan fingerprint density at radius 2 is 2.22 bits per heavy atom. The minimum atomic E-state index is -0.278. The Morgan fingerprint density at radius 3 is 2.83 bits per heavy atom. The fraction of sp³-hybridized carbons (Fsp3) is 0.500. The van der Waals surface area contributed by atoms with Gasteiger partial charge in [0, 0.05) is 18.8 Å². The molecule has 0 bridgehead atoms. The van der Waals surface area contributed by atoms with Crippen LogP contribution in [-0.2, 0) is 4.79 Å². The van der Waals surface area contributed by atoms with Gasteiger partial charge in [-0.3, -0.25) is 9.69 Å². The molecule has 1 atom stereocenters. The molecule has 1 unspecified atom stereocenters. The zero-order valence-corrected chi connectivity index (χ0v) is 10.9. The predicted molar refractivity (Wildman–Crippen MR) is 71.6 cm³/mol. The van der Waals surface area contributed by atoms with E-state index >= 15 is 0 Å². The number of hydrogen-bond donors (Lipinski definition) is 2. The van der Waals surface area contributed by atoms with Crippen molar-refractivity contribution in [1.29, 1.82) is 0 Å². The molecular formula is C14H20N2O2. The molecule has 4 nitrogen and oxygen atoms in total. The second-order valence-electron chi connectivity index (χ2n) is 5.02. The van der Waals surface area contributed by atoms with Crippen LogP contribution in [0.5, 0.6) is 0 Å². The van der Waals surface area contributed by atoms with E-state index in [-0.39, 0.29) is 12.0 Å². The maximum atomic E-state index is 11.8. The number of carbonyl (C=O) groups is 1. The first-order chi connectivity index (χ1) is 8.54. The molecule has 98 valence electrons. The van der Waals surface area contributed by atoms with Gasteiger partial charge in [0.15, 0.2) is 0 Å². The maximum Gasteiger partial charge on any atom is 0.238 e. The summed E-state index contributed by atoms with van der Waals surface area (Å²) in [6.07, 6.45) is 0.483. The van der Waals surface area contributed by atoms with Crippen LogP contribution < -0.4 is 5.32 Å². The van der Waals surface area contributed by atoms with Crippen LogP contribution in [0.25, 0.3) is 0 Å². The van der Waals surface area contributed by atoms with Crippen LogP contribution in [0.1, 0.15) is 17.5 Å². The molecule has 1 aliphatic rings. The zero-order valence-electron chi connectivity index (χ0n) is 10.9. The number of amides is 1. The van der Waals surface area contributed by atoms with Crippen molar-refractivity contribution < 1.29 is 9.90 Å². The summed E-state index contributed by atoms with van der Waals surface area (Å²) in [6.45, 7) is 5.82. The Morgan fingerprint density at radius 1 is 1.44 bits per heavy atom. The van der Waals surface area contributed by atoms with Crippen LogP contribution >= 0.6 is 0 Å². The number of aryl methyl sites for hydroxylation is 2. The summed E-state index contributed by atoms with van der Waals surface area (Å²) in [5, 5.41) is 12.3. The van der Waals surface area contributed by atoms with E-state index in [4.69, 9.17) is 0 Å². The van der Waals surface area contributed by atoms with E-state index in [2.05, 4.69) is 5.32 Å². The summed E-state index contributed by atoms with van der Waals surface area (Å²) in [5.74, 6) is -0.0210. The summed E-state index contributed by atoms with van der Waals surface area (Å²) in [4.78, 5) is 13.8. The summed E-state index contributed by atoms with van der Waals surface area (Å²) < 4.78 is 0. The zero-order chi connectivity index (χ0) is 13.1. The Balaban J connectivity index is 1.89. The molecule has 2 rings (SSSR count). The number of anilines is 1. The summed E-state index contributed by atoms with van der Waals surface area (Å²) in [7, 11) is 0. The molecular weight excluding hydrogens is 228 g/mol. The number of hydrogen-bond acceptors (Lipinski definition) is 3.